The third kappa shape index (κ3) is 3.11. The molecule has 0 bridgehead atoms. The number of piperidine rings is 1. The zero-order valence-electron chi connectivity index (χ0n) is 9.29. The van der Waals surface area contributed by atoms with E-state index in [1.165, 1.54) is 18.6 Å². The Balaban J connectivity index is 1.78. The number of carbonyl (C=O) groups is 1. The van der Waals surface area contributed by atoms with E-state index in [9.17, 15) is 4.79 Å². The van der Waals surface area contributed by atoms with Gasteiger partial charge in [0.05, 0.1) is 0 Å². The summed E-state index contributed by atoms with van der Waals surface area (Å²) in [7, 11) is 0. The topological polar surface area (TPSA) is 41.1 Å². The van der Waals surface area contributed by atoms with Crippen LogP contribution >= 0.6 is 11.8 Å². The molecule has 2 aliphatic heterocycles. The maximum atomic E-state index is 11.0. The first-order chi connectivity index (χ1) is 7.25. The number of hydrogen-bond acceptors (Lipinski definition) is 3. The van der Waals surface area contributed by atoms with Crippen LogP contribution in [0.4, 0.5) is 0 Å². The fourth-order valence-electron chi connectivity index (χ4n) is 2.32. The predicted octanol–water partition coefficient (Wildman–Crippen LogP) is 1.14. The van der Waals surface area contributed by atoms with Gasteiger partial charge in [0.1, 0.15) is 0 Å². The molecule has 2 N–H and O–H groups in total. The molecule has 2 rings (SSSR count). The second kappa shape index (κ2) is 5.21. The van der Waals surface area contributed by atoms with E-state index in [2.05, 4.69) is 29.3 Å². The van der Waals surface area contributed by atoms with Crippen LogP contribution < -0.4 is 10.6 Å². The van der Waals surface area contributed by atoms with Gasteiger partial charge in [-0.15, -0.1) is 0 Å². The second-order valence-electron chi connectivity index (χ2n) is 4.53. The van der Waals surface area contributed by atoms with Gasteiger partial charge >= 0.3 is 0 Å². The summed E-state index contributed by atoms with van der Waals surface area (Å²) in [5, 5.41) is 7.34. The van der Waals surface area contributed by atoms with Crippen molar-refractivity contribution in [2.45, 2.75) is 49.9 Å². The first kappa shape index (κ1) is 11.3. The van der Waals surface area contributed by atoms with E-state index in [0.717, 1.165) is 18.2 Å². The number of nitrogens with one attached hydrogen (secondary N) is 2. The summed E-state index contributed by atoms with van der Waals surface area (Å²) < 4.78 is 0. The highest BCUT2D eigenvalue weighted by molar-refractivity contribution is 7.99. The predicted molar refractivity (Wildman–Crippen MR) is 64.1 cm³/mol. The maximum Gasteiger partial charge on any atom is 0.220 e. The Labute approximate surface area is 95.8 Å². The molecule has 0 aromatic carbocycles. The molecule has 0 spiro atoms. The third-order valence-corrected chi connectivity index (χ3v) is 4.70. The summed E-state index contributed by atoms with van der Waals surface area (Å²) in [5.41, 5.74) is 0. The largest absolute Gasteiger partial charge is 0.355 e. The Morgan fingerprint density at radius 1 is 1.47 bits per heavy atom. The van der Waals surface area contributed by atoms with Gasteiger partial charge in [-0.25, -0.2) is 0 Å². The molecule has 3 unspecified atom stereocenters. The fraction of sp³-hybridized carbons (Fsp3) is 0.909. The molecule has 2 fully saturated rings. The molecule has 4 heteroatoms. The average Bonchev–Trinajstić information content (AvgIpc) is 2.25. The van der Waals surface area contributed by atoms with Crippen molar-refractivity contribution in [3.05, 3.63) is 0 Å². The quantitative estimate of drug-likeness (QED) is 0.744. The summed E-state index contributed by atoms with van der Waals surface area (Å²) in [6.45, 7) is 3.12. The average molecular weight is 228 g/mol. The van der Waals surface area contributed by atoms with Crippen LogP contribution in [0.15, 0.2) is 0 Å². The van der Waals surface area contributed by atoms with Gasteiger partial charge in [0, 0.05) is 30.3 Å². The van der Waals surface area contributed by atoms with Crippen molar-refractivity contribution in [1.29, 1.82) is 0 Å². The monoisotopic (exact) mass is 228 g/mol. The van der Waals surface area contributed by atoms with Crippen LogP contribution in [0.5, 0.6) is 0 Å². The van der Waals surface area contributed by atoms with Gasteiger partial charge in [-0.2, -0.15) is 11.8 Å². The van der Waals surface area contributed by atoms with Gasteiger partial charge in [0.25, 0.3) is 0 Å². The highest BCUT2D eigenvalue weighted by Crippen LogP contribution is 2.25. The number of carbonyl (C=O) groups excluding carboxylic acids is 1. The van der Waals surface area contributed by atoms with Crippen molar-refractivity contribution in [3.63, 3.8) is 0 Å². The molecule has 0 aromatic rings. The van der Waals surface area contributed by atoms with Gasteiger partial charge in [0.15, 0.2) is 0 Å². The van der Waals surface area contributed by atoms with E-state index in [-0.39, 0.29) is 5.91 Å². The first-order valence-electron chi connectivity index (χ1n) is 5.90. The van der Waals surface area contributed by atoms with Crippen LogP contribution in [-0.4, -0.2) is 35.5 Å². The normalized spacial score (nSPS) is 37.4. The second-order valence-corrected chi connectivity index (χ2v) is 6.02. The molecular formula is C11H20N2OS. The molecule has 2 saturated heterocycles. The van der Waals surface area contributed by atoms with Crippen molar-refractivity contribution < 1.29 is 4.79 Å². The SMILES string of the molecule is CC1SCCCC1NC1CCC(=O)NC1. The fourth-order valence-corrected chi connectivity index (χ4v) is 3.47. The molecule has 2 aliphatic rings. The highest BCUT2D eigenvalue weighted by atomic mass is 32.2. The lowest BCUT2D eigenvalue weighted by Gasteiger charge is -2.34. The van der Waals surface area contributed by atoms with Gasteiger partial charge in [-0.1, -0.05) is 6.92 Å². The number of rotatable bonds is 2. The summed E-state index contributed by atoms with van der Waals surface area (Å²) in [6.07, 6.45) is 4.30. The lowest BCUT2D eigenvalue weighted by molar-refractivity contribution is -0.122. The zero-order chi connectivity index (χ0) is 10.7. The van der Waals surface area contributed by atoms with Crippen LogP contribution in [0.1, 0.15) is 32.6 Å². The lowest BCUT2D eigenvalue weighted by Crippen LogP contribution is -2.52. The van der Waals surface area contributed by atoms with Crippen LogP contribution in [0.2, 0.25) is 0 Å². The van der Waals surface area contributed by atoms with Crippen LogP contribution in [0, 0.1) is 0 Å². The van der Waals surface area contributed by atoms with E-state index in [0.29, 0.717) is 18.5 Å². The number of hydrogen-bond donors (Lipinski definition) is 2. The maximum absolute atomic E-state index is 11.0. The molecule has 15 heavy (non-hydrogen) atoms. The Bertz CT molecular complexity index is 225. The Kier molecular flexibility index (Phi) is 3.92. The molecule has 0 saturated carbocycles. The van der Waals surface area contributed by atoms with Crippen LogP contribution in [0.25, 0.3) is 0 Å². The van der Waals surface area contributed by atoms with Gasteiger partial charge in [-0.3, -0.25) is 4.79 Å². The Hall–Kier alpha value is -0.220. The molecule has 86 valence electrons. The van der Waals surface area contributed by atoms with Crippen LogP contribution in [-0.2, 0) is 4.79 Å². The van der Waals surface area contributed by atoms with Crippen molar-refractivity contribution in [2.24, 2.45) is 0 Å². The molecule has 1 amide bonds. The molecule has 3 nitrogen and oxygen atoms in total. The number of thioether (sulfide) groups is 1. The summed E-state index contributed by atoms with van der Waals surface area (Å²) in [6, 6.07) is 1.14. The van der Waals surface area contributed by atoms with E-state index in [1.807, 2.05) is 0 Å². The highest BCUT2D eigenvalue weighted by Gasteiger charge is 2.26. The van der Waals surface area contributed by atoms with Gasteiger partial charge < -0.3 is 10.6 Å². The van der Waals surface area contributed by atoms with E-state index in [1.54, 1.807) is 0 Å². The van der Waals surface area contributed by atoms with Crippen molar-refractivity contribution in [3.8, 4) is 0 Å². The van der Waals surface area contributed by atoms with Crippen LogP contribution in [0.3, 0.4) is 0 Å². The minimum absolute atomic E-state index is 0.208. The van der Waals surface area contributed by atoms with Gasteiger partial charge in [0.2, 0.25) is 5.91 Å². The van der Waals surface area contributed by atoms with Crippen molar-refractivity contribution in [2.75, 3.05) is 12.3 Å². The van der Waals surface area contributed by atoms with E-state index in [4.69, 9.17) is 0 Å². The molecule has 0 aromatic heterocycles. The molecule has 0 aliphatic carbocycles. The zero-order valence-corrected chi connectivity index (χ0v) is 10.1. The minimum Gasteiger partial charge on any atom is -0.355 e. The van der Waals surface area contributed by atoms with Crippen molar-refractivity contribution in [1.82, 2.24) is 10.6 Å². The molecular weight excluding hydrogens is 208 g/mol. The Morgan fingerprint density at radius 3 is 3.00 bits per heavy atom. The Morgan fingerprint density at radius 2 is 2.33 bits per heavy atom. The lowest BCUT2D eigenvalue weighted by atomic mass is 10.0. The van der Waals surface area contributed by atoms with Gasteiger partial charge in [-0.05, 0) is 25.0 Å². The van der Waals surface area contributed by atoms with E-state index >= 15 is 0 Å². The molecule has 3 atom stereocenters. The third-order valence-electron chi connectivity index (χ3n) is 3.32. The smallest absolute Gasteiger partial charge is 0.220 e. The standard InChI is InChI=1S/C11H20N2OS/c1-8-10(3-2-6-15-8)13-9-4-5-11(14)12-7-9/h8-10,13H,2-7H2,1H3,(H,12,14). The molecule has 2 heterocycles. The summed E-state index contributed by atoms with van der Waals surface area (Å²) >= 11 is 2.07. The number of amides is 1. The van der Waals surface area contributed by atoms with Crippen molar-refractivity contribution >= 4 is 17.7 Å². The minimum atomic E-state index is 0.208. The summed E-state index contributed by atoms with van der Waals surface area (Å²) in [5.74, 6) is 1.51. The first-order valence-corrected chi connectivity index (χ1v) is 6.95. The van der Waals surface area contributed by atoms with E-state index < -0.39 is 0 Å². The molecule has 0 radical (unpaired) electrons. The summed E-state index contributed by atoms with van der Waals surface area (Å²) in [4.78, 5) is 11.0.